The Morgan fingerprint density at radius 1 is 0.347 bits per heavy atom. The van der Waals surface area contributed by atoms with E-state index in [-0.39, 0.29) is 0 Å². The van der Waals surface area contributed by atoms with Crippen LogP contribution in [0.4, 0.5) is 0 Å². The van der Waals surface area contributed by atoms with E-state index in [9.17, 15) is 0 Å². The normalized spacial score (nSPS) is 14.0. The van der Waals surface area contributed by atoms with Crippen molar-refractivity contribution in [1.82, 2.24) is 0 Å². The van der Waals surface area contributed by atoms with Gasteiger partial charge in [-0.2, -0.15) is 0 Å². The zero-order valence-corrected chi connectivity index (χ0v) is 29.7. The van der Waals surface area contributed by atoms with Gasteiger partial charge in [-0.25, -0.2) is 0 Å². The molecule has 0 atom stereocenters. The van der Waals surface area contributed by atoms with Crippen LogP contribution in [-0.2, 0) is 21.1 Å². The summed E-state index contributed by atoms with van der Waals surface area (Å²) >= 11 is -4.77. The number of rotatable bonds is 10. The molecule has 0 amide bonds. The molecule has 0 aliphatic heterocycles. The third-order valence-electron chi connectivity index (χ3n) is 9.28. The Morgan fingerprint density at radius 3 is 1.06 bits per heavy atom. The van der Waals surface area contributed by atoms with Crippen molar-refractivity contribution in [2.24, 2.45) is 0 Å². The summed E-state index contributed by atoms with van der Waals surface area (Å²) in [7, 11) is 0. The first-order valence-corrected chi connectivity index (χ1v) is 21.3. The number of para-hydroxylation sites is 2. The molecule has 2 aliphatic carbocycles. The summed E-state index contributed by atoms with van der Waals surface area (Å²) in [6, 6.07) is 59.4. The van der Waals surface area contributed by atoms with Gasteiger partial charge in [0.1, 0.15) is 0 Å². The summed E-state index contributed by atoms with van der Waals surface area (Å²) < 4.78 is 18.2. The van der Waals surface area contributed by atoms with Crippen molar-refractivity contribution >= 4 is 11.1 Å². The van der Waals surface area contributed by atoms with Crippen LogP contribution in [0.25, 0.3) is 33.4 Å². The van der Waals surface area contributed by atoms with Crippen molar-refractivity contribution in [3.05, 3.63) is 212 Å². The van der Waals surface area contributed by atoms with E-state index in [0.717, 1.165) is 46.6 Å². The molecule has 49 heavy (non-hydrogen) atoms. The Balaban J connectivity index is 1.43. The van der Waals surface area contributed by atoms with E-state index < -0.39 is 21.1 Å². The number of hydrogen-bond acceptors (Lipinski definition) is 2. The Bertz CT molecular complexity index is 2040. The second kappa shape index (κ2) is 14.1. The van der Waals surface area contributed by atoms with Crippen LogP contribution in [0.3, 0.4) is 0 Å². The van der Waals surface area contributed by atoms with E-state index in [2.05, 4.69) is 194 Å². The standard InChI is InChI=1S/2C12H10O.2C11H9.Zr/c2*13-12-9-5-4-8-11(12)10-6-2-1-3-7-10;2*1-2-6-10(7-3-1)11-8-4-5-9-11;/h2*1-9,13H;2*1-4,6-8H,5H2;/q;;;;+2/p-2. The van der Waals surface area contributed by atoms with Gasteiger partial charge in [0.05, 0.1) is 0 Å². The maximum absolute atomic E-state index is 7.85. The quantitative estimate of drug-likeness (QED) is 0.141. The summed E-state index contributed by atoms with van der Waals surface area (Å²) in [4.78, 5) is 0. The van der Waals surface area contributed by atoms with Crippen molar-refractivity contribution in [2.45, 2.75) is 12.8 Å². The van der Waals surface area contributed by atoms with Crippen LogP contribution in [0.1, 0.15) is 24.0 Å². The molecule has 0 bridgehead atoms. The van der Waals surface area contributed by atoms with Gasteiger partial charge < -0.3 is 0 Å². The van der Waals surface area contributed by atoms with Gasteiger partial charge in [-0.05, 0) is 0 Å². The predicted molar refractivity (Wildman–Crippen MR) is 199 cm³/mol. The summed E-state index contributed by atoms with van der Waals surface area (Å²) in [5.74, 6) is 1.70. The SMILES string of the molecule is C1=CC(c2ccccc2)=[C]([Zr]([O]c2ccccc2-c2ccccc2)([O]c2ccccc2-c2ccccc2)[C]2=C(c3ccccc3)C=CC2)C1. The van der Waals surface area contributed by atoms with Gasteiger partial charge in [-0.1, -0.05) is 0 Å². The molecule has 0 saturated heterocycles. The third kappa shape index (κ3) is 6.23. The van der Waals surface area contributed by atoms with Crippen molar-refractivity contribution in [1.29, 1.82) is 0 Å². The molecule has 0 heterocycles. The second-order valence-corrected chi connectivity index (χ2v) is 19.3. The molecule has 0 spiro atoms. The first kappa shape index (κ1) is 31.1. The summed E-state index contributed by atoms with van der Waals surface area (Å²) in [5.41, 5.74) is 9.13. The second-order valence-electron chi connectivity index (χ2n) is 12.3. The van der Waals surface area contributed by atoms with Crippen LogP contribution in [0.2, 0.25) is 0 Å². The van der Waals surface area contributed by atoms with E-state index in [1.807, 2.05) is 0 Å². The zero-order chi connectivity index (χ0) is 32.9. The van der Waals surface area contributed by atoms with Crippen LogP contribution in [-0.4, -0.2) is 0 Å². The monoisotopic (exact) mass is 710 g/mol. The minimum atomic E-state index is -4.77. The molecule has 8 rings (SSSR count). The average molecular weight is 712 g/mol. The molecule has 0 fully saturated rings. The molecule has 0 aromatic heterocycles. The van der Waals surface area contributed by atoms with Crippen LogP contribution >= 0.6 is 0 Å². The number of allylic oxidation sites excluding steroid dienone is 8. The molecular formula is C46H36O2Zr. The van der Waals surface area contributed by atoms with E-state index in [0.29, 0.717) is 0 Å². The van der Waals surface area contributed by atoms with Gasteiger partial charge in [-0.3, -0.25) is 0 Å². The maximum atomic E-state index is 7.85. The molecule has 236 valence electrons. The van der Waals surface area contributed by atoms with Crippen LogP contribution < -0.4 is 5.63 Å². The molecule has 2 aliphatic rings. The first-order chi connectivity index (χ1) is 24.3. The first-order valence-electron chi connectivity index (χ1n) is 16.9. The van der Waals surface area contributed by atoms with Gasteiger partial charge in [0.2, 0.25) is 0 Å². The molecule has 2 nitrogen and oxygen atoms in total. The number of hydrogen-bond donors (Lipinski definition) is 0. The fraction of sp³-hybridized carbons (Fsp3) is 0.0435. The molecular weight excluding hydrogens is 676 g/mol. The molecule has 0 N–H and O–H groups in total. The fourth-order valence-corrected chi connectivity index (χ4v) is 16.4. The van der Waals surface area contributed by atoms with E-state index in [1.54, 1.807) is 0 Å². The average Bonchev–Trinajstić information content (AvgIpc) is 3.89. The Kier molecular flexibility index (Phi) is 8.93. The van der Waals surface area contributed by atoms with Crippen LogP contribution in [0.5, 0.6) is 11.5 Å². The minimum absolute atomic E-state index is 0.771. The van der Waals surface area contributed by atoms with E-state index in [1.165, 1.54) is 28.8 Å². The Morgan fingerprint density at radius 2 is 0.673 bits per heavy atom. The third-order valence-corrected chi connectivity index (χ3v) is 18.0. The molecule has 0 saturated carbocycles. The van der Waals surface area contributed by atoms with Gasteiger partial charge in [0, 0.05) is 0 Å². The van der Waals surface area contributed by atoms with Gasteiger partial charge in [0.15, 0.2) is 0 Å². The Labute approximate surface area is 294 Å². The molecule has 3 heteroatoms. The topological polar surface area (TPSA) is 18.5 Å². The van der Waals surface area contributed by atoms with Gasteiger partial charge in [0.25, 0.3) is 0 Å². The molecule has 0 radical (unpaired) electrons. The molecule has 6 aromatic carbocycles. The summed E-state index contributed by atoms with van der Waals surface area (Å²) in [5, 5.41) is 0. The van der Waals surface area contributed by atoms with E-state index >= 15 is 0 Å². The van der Waals surface area contributed by atoms with Gasteiger partial charge >= 0.3 is 296 Å². The predicted octanol–water partition coefficient (Wildman–Crippen LogP) is 12.2. The zero-order valence-electron chi connectivity index (χ0n) is 27.2. The summed E-state index contributed by atoms with van der Waals surface area (Å²) in [6.45, 7) is 0. The van der Waals surface area contributed by atoms with Crippen LogP contribution in [0, 0.1) is 0 Å². The van der Waals surface area contributed by atoms with Crippen LogP contribution in [0.15, 0.2) is 201 Å². The summed E-state index contributed by atoms with van der Waals surface area (Å²) in [6.07, 6.45) is 10.7. The van der Waals surface area contributed by atoms with Crippen molar-refractivity contribution < 1.29 is 26.8 Å². The van der Waals surface area contributed by atoms with E-state index in [4.69, 9.17) is 5.63 Å². The van der Waals surface area contributed by atoms with Crippen molar-refractivity contribution in [3.8, 4) is 33.8 Å². The Hall–Kier alpha value is -5.24. The number of benzene rings is 6. The fourth-order valence-electron chi connectivity index (χ4n) is 6.99. The van der Waals surface area contributed by atoms with Crippen molar-refractivity contribution in [3.63, 3.8) is 0 Å². The molecule has 0 unspecified atom stereocenters. The van der Waals surface area contributed by atoms with Gasteiger partial charge in [-0.15, -0.1) is 0 Å². The van der Waals surface area contributed by atoms with Crippen molar-refractivity contribution in [2.75, 3.05) is 0 Å². The molecule has 6 aromatic rings.